The lowest BCUT2D eigenvalue weighted by Gasteiger charge is -2.22. The van der Waals surface area contributed by atoms with Crippen molar-refractivity contribution in [2.24, 2.45) is 0 Å². The fraction of sp³-hybridized carbons (Fsp3) is 0.269. The highest BCUT2D eigenvalue weighted by Crippen LogP contribution is 2.36. The normalized spacial score (nSPS) is 16.0. The summed E-state index contributed by atoms with van der Waals surface area (Å²) in [5.74, 6) is 0.573. The first-order valence-corrected chi connectivity index (χ1v) is 11.1. The second-order valence-corrected chi connectivity index (χ2v) is 8.62. The van der Waals surface area contributed by atoms with E-state index in [-0.39, 0.29) is 6.03 Å². The van der Waals surface area contributed by atoms with E-state index in [1.165, 1.54) is 5.69 Å². The van der Waals surface area contributed by atoms with E-state index in [1.807, 2.05) is 42.5 Å². The van der Waals surface area contributed by atoms with Crippen LogP contribution < -0.4 is 20.3 Å². The molecule has 7 heteroatoms. The molecule has 0 aliphatic carbocycles. The van der Waals surface area contributed by atoms with E-state index in [4.69, 9.17) is 9.15 Å². The van der Waals surface area contributed by atoms with Gasteiger partial charge in [-0.15, -0.1) is 0 Å². The van der Waals surface area contributed by atoms with Gasteiger partial charge in [-0.1, -0.05) is 18.2 Å². The number of amides is 2. The van der Waals surface area contributed by atoms with E-state index in [0.717, 1.165) is 41.6 Å². The minimum atomic E-state index is -0.342. The van der Waals surface area contributed by atoms with Gasteiger partial charge in [0.1, 0.15) is 16.9 Å². The van der Waals surface area contributed by atoms with Gasteiger partial charge in [-0.05, 0) is 56.9 Å². The van der Waals surface area contributed by atoms with Gasteiger partial charge in [0.15, 0.2) is 0 Å². The molecule has 170 valence electrons. The van der Waals surface area contributed by atoms with Gasteiger partial charge in [0, 0.05) is 47.3 Å². The predicted octanol–water partition coefficient (Wildman–Crippen LogP) is 5.38. The zero-order chi connectivity index (χ0) is 22.9. The Morgan fingerprint density at radius 1 is 1.03 bits per heavy atom. The fourth-order valence-corrected chi connectivity index (χ4v) is 4.46. The summed E-state index contributed by atoms with van der Waals surface area (Å²) in [4.78, 5) is 17.3. The maximum Gasteiger partial charge on any atom is 0.323 e. The Morgan fingerprint density at radius 3 is 2.55 bits per heavy atom. The number of urea groups is 1. The number of benzene rings is 3. The van der Waals surface area contributed by atoms with Crippen LogP contribution in [0.4, 0.5) is 21.9 Å². The van der Waals surface area contributed by atoms with Crippen molar-refractivity contribution in [3.8, 4) is 5.75 Å². The Labute approximate surface area is 192 Å². The molecule has 1 unspecified atom stereocenters. The SMILES string of the molecule is COc1cc2c(cc1NC(=O)Nc1ccc(N3CCC(N(C)C)C3)cc1)oc1ccccc12. The molecule has 1 aliphatic heterocycles. The van der Waals surface area contributed by atoms with Gasteiger partial charge in [0.05, 0.1) is 12.8 Å². The van der Waals surface area contributed by atoms with E-state index in [9.17, 15) is 4.79 Å². The molecule has 2 amide bonds. The number of nitrogens with one attached hydrogen (secondary N) is 2. The molecule has 1 aromatic heterocycles. The van der Waals surface area contributed by atoms with Gasteiger partial charge in [0.2, 0.25) is 0 Å². The monoisotopic (exact) mass is 444 g/mol. The predicted molar refractivity (Wildman–Crippen MR) is 134 cm³/mol. The summed E-state index contributed by atoms with van der Waals surface area (Å²) in [5, 5.41) is 7.74. The fourth-order valence-electron chi connectivity index (χ4n) is 4.46. The largest absolute Gasteiger partial charge is 0.495 e. The van der Waals surface area contributed by atoms with E-state index in [2.05, 4.69) is 46.7 Å². The zero-order valence-electron chi connectivity index (χ0n) is 19.1. The molecule has 1 saturated heterocycles. The molecular weight excluding hydrogens is 416 g/mol. The van der Waals surface area contributed by atoms with Crippen molar-refractivity contribution >= 4 is 45.0 Å². The molecule has 4 aromatic rings. The Morgan fingerprint density at radius 2 is 1.82 bits per heavy atom. The molecule has 5 rings (SSSR count). The molecule has 2 heterocycles. The lowest BCUT2D eigenvalue weighted by Crippen LogP contribution is -2.31. The summed E-state index contributed by atoms with van der Waals surface area (Å²) in [6.45, 7) is 2.06. The molecule has 3 aromatic carbocycles. The highest BCUT2D eigenvalue weighted by atomic mass is 16.5. The second kappa shape index (κ2) is 8.67. The Kier molecular flexibility index (Phi) is 5.56. The lowest BCUT2D eigenvalue weighted by molar-refractivity contribution is 0.262. The van der Waals surface area contributed by atoms with Crippen LogP contribution in [0.3, 0.4) is 0 Å². The Hall–Kier alpha value is -3.71. The van der Waals surface area contributed by atoms with Crippen LogP contribution in [-0.4, -0.2) is 51.3 Å². The number of carbonyl (C=O) groups excluding carboxylic acids is 1. The second-order valence-electron chi connectivity index (χ2n) is 8.62. The topological polar surface area (TPSA) is 70.0 Å². The molecule has 0 bridgehead atoms. The number of methoxy groups -OCH3 is 1. The summed E-state index contributed by atoms with van der Waals surface area (Å²) < 4.78 is 11.5. The van der Waals surface area contributed by atoms with Crippen molar-refractivity contribution in [2.45, 2.75) is 12.5 Å². The molecule has 33 heavy (non-hydrogen) atoms. The number of fused-ring (bicyclic) bond motifs is 3. The van der Waals surface area contributed by atoms with Crippen molar-refractivity contribution in [1.82, 2.24) is 4.90 Å². The third-order valence-electron chi connectivity index (χ3n) is 6.33. The first kappa shape index (κ1) is 21.2. The van der Waals surface area contributed by atoms with E-state index < -0.39 is 0 Å². The van der Waals surface area contributed by atoms with E-state index in [0.29, 0.717) is 23.1 Å². The van der Waals surface area contributed by atoms with Crippen LogP contribution in [0.1, 0.15) is 6.42 Å². The number of nitrogens with zero attached hydrogens (tertiary/aromatic N) is 2. The summed E-state index contributed by atoms with van der Waals surface area (Å²) in [5.41, 5.74) is 3.93. The number of rotatable bonds is 5. The first-order valence-electron chi connectivity index (χ1n) is 11.1. The molecule has 7 nitrogen and oxygen atoms in total. The lowest BCUT2D eigenvalue weighted by atomic mass is 10.1. The summed E-state index contributed by atoms with van der Waals surface area (Å²) >= 11 is 0. The first-order chi connectivity index (χ1) is 16.0. The van der Waals surface area contributed by atoms with Gasteiger partial charge < -0.3 is 29.6 Å². The van der Waals surface area contributed by atoms with Crippen LogP contribution in [0.5, 0.6) is 5.75 Å². The summed E-state index contributed by atoms with van der Waals surface area (Å²) in [6.07, 6.45) is 1.16. The average Bonchev–Trinajstić information content (AvgIpc) is 3.44. The number of likely N-dealkylation sites (N-methyl/N-ethyl adjacent to an activating group) is 1. The maximum absolute atomic E-state index is 12.7. The highest BCUT2D eigenvalue weighted by molar-refractivity contribution is 6.08. The molecule has 2 N–H and O–H groups in total. The van der Waals surface area contributed by atoms with E-state index >= 15 is 0 Å². The molecule has 0 spiro atoms. The molecular formula is C26H28N4O3. The van der Waals surface area contributed by atoms with Crippen molar-refractivity contribution in [3.05, 3.63) is 60.7 Å². The quantitative estimate of drug-likeness (QED) is 0.433. The number of carbonyl (C=O) groups is 1. The number of furan rings is 1. The van der Waals surface area contributed by atoms with E-state index in [1.54, 1.807) is 13.2 Å². The number of ether oxygens (including phenoxy) is 1. The molecule has 1 atom stereocenters. The molecule has 1 aliphatic rings. The molecule has 0 saturated carbocycles. The van der Waals surface area contributed by atoms with Crippen LogP contribution in [0.25, 0.3) is 21.9 Å². The molecule has 0 radical (unpaired) electrons. The van der Waals surface area contributed by atoms with Gasteiger partial charge in [-0.2, -0.15) is 0 Å². The molecule has 1 fully saturated rings. The minimum Gasteiger partial charge on any atom is -0.495 e. The third kappa shape index (κ3) is 4.19. The maximum atomic E-state index is 12.7. The smallest absolute Gasteiger partial charge is 0.323 e. The van der Waals surface area contributed by atoms with Gasteiger partial charge in [-0.3, -0.25) is 0 Å². The van der Waals surface area contributed by atoms with Crippen LogP contribution in [0.15, 0.2) is 65.1 Å². The van der Waals surface area contributed by atoms with Crippen LogP contribution in [0.2, 0.25) is 0 Å². The number of para-hydroxylation sites is 1. The van der Waals surface area contributed by atoms with Gasteiger partial charge in [-0.25, -0.2) is 4.79 Å². The third-order valence-corrected chi connectivity index (χ3v) is 6.33. The summed E-state index contributed by atoms with van der Waals surface area (Å²) in [6, 6.07) is 19.7. The van der Waals surface area contributed by atoms with Crippen LogP contribution in [0, 0.1) is 0 Å². The number of hydrogen-bond donors (Lipinski definition) is 2. The Bertz CT molecular complexity index is 1300. The minimum absolute atomic E-state index is 0.342. The van der Waals surface area contributed by atoms with Crippen LogP contribution >= 0.6 is 0 Å². The average molecular weight is 445 g/mol. The van der Waals surface area contributed by atoms with Crippen LogP contribution in [-0.2, 0) is 0 Å². The Balaban J connectivity index is 1.29. The van der Waals surface area contributed by atoms with Crippen molar-refractivity contribution in [3.63, 3.8) is 0 Å². The number of anilines is 3. The standard InChI is InChI=1S/C26H28N4O3/c1-29(2)19-12-13-30(16-19)18-10-8-17(9-11-18)27-26(31)28-22-15-24-21(14-25(22)32-3)20-6-4-5-7-23(20)33-24/h4-11,14-15,19H,12-13,16H2,1-3H3,(H2,27,28,31). The van der Waals surface area contributed by atoms with Gasteiger partial charge in [0.25, 0.3) is 0 Å². The highest BCUT2D eigenvalue weighted by Gasteiger charge is 2.24. The van der Waals surface area contributed by atoms with Crippen molar-refractivity contribution < 1.29 is 13.9 Å². The zero-order valence-corrected chi connectivity index (χ0v) is 19.1. The van der Waals surface area contributed by atoms with Gasteiger partial charge >= 0.3 is 6.03 Å². The summed E-state index contributed by atoms with van der Waals surface area (Å²) in [7, 11) is 5.84. The van der Waals surface area contributed by atoms with Crippen molar-refractivity contribution in [2.75, 3.05) is 49.8 Å². The van der Waals surface area contributed by atoms with Crippen molar-refractivity contribution in [1.29, 1.82) is 0 Å². The number of hydrogen-bond acceptors (Lipinski definition) is 5.